The molecule has 0 aromatic carbocycles. The van der Waals surface area contributed by atoms with Crippen LogP contribution >= 0.6 is 0 Å². The van der Waals surface area contributed by atoms with Crippen LogP contribution in [0.3, 0.4) is 0 Å². The molecule has 0 aliphatic carbocycles. The lowest BCUT2D eigenvalue weighted by molar-refractivity contribution is 0.455. The van der Waals surface area contributed by atoms with E-state index >= 15 is 0 Å². The zero-order valence-corrected chi connectivity index (χ0v) is 9.92. The summed E-state index contributed by atoms with van der Waals surface area (Å²) in [4.78, 5) is 3.50. The minimum Gasteiger partial charge on any atom is -0.362 e. The summed E-state index contributed by atoms with van der Waals surface area (Å²) in [5.74, 6) is 0.651. The Balaban J connectivity index is 2.15. The molecule has 2 nitrogen and oxygen atoms in total. The van der Waals surface area contributed by atoms with Gasteiger partial charge in [0.25, 0.3) is 0 Å². The molecule has 1 aliphatic heterocycles. The van der Waals surface area contributed by atoms with Crippen LogP contribution in [0, 0.1) is 6.92 Å². The normalized spacial score (nSPS) is 21.4. The minimum absolute atomic E-state index is 0.651. The lowest BCUT2D eigenvalue weighted by Crippen LogP contribution is -2.28. The van der Waals surface area contributed by atoms with Gasteiger partial charge in [-0.05, 0) is 37.9 Å². The first-order valence-electron chi connectivity index (χ1n) is 6.00. The van der Waals surface area contributed by atoms with Crippen molar-refractivity contribution < 1.29 is 0 Å². The van der Waals surface area contributed by atoms with Crippen molar-refractivity contribution in [3.05, 3.63) is 41.7 Å². The molecule has 0 amide bonds. The molecule has 2 N–H and O–H groups in total. The third-order valence-corrected chi connectivity index (χ3v) is 3.22. The van der Waals surface area contributed by atoms with Crippen molar-refractivity contribution in [3.8, 4) is 0 Å². The van der Waals surface area contributed by atoms with Gasteiger partial charge in [-0.25, -0.2) is 0 Å². The van der Waals surface area contributed by atoms with Crippen LogP contribution in [0.2, 0.25) is 0 Å². The first-order valence-corrected chi connectivity index (χ1v) is 6.00. The highest BCUT2D eigenvalue weighted by molar-refractivity contribution is 5.54. The third-order valence-electron chi connectivity index (χ3n) is 3.22. The lowest BCUT2D eigenvalue weighted by atomic mass is 9.96. The number of rotatable bonds is 3. The van der Waals surface area contributed by atoms with Gasteiger partial charge in [-0.2, -0.15) is 0 Å². The molecular weight excluding hydrogens is 196 g/mol. The molecule has 0 radical (unpaired) electrons. The van der Waals surface area contributed by atoms with E-state index < -0.39 is 0 Å². The van der Waals surface area contributed by atoms with Crippen molar-refractivity contribution in [1.29, 1.82) is 0 Å². The molecule has 1 aromatic heterocycles. The van der Waals surface area contributed by atoms with Gasteiger partial charge in [-0.3, -0.25) is 0 Å². The molecule has 0 saturated carbocycles. The summed E-state index contributed by atoms with van der Waals surface area (Å²) in [5, 5.41) is 3.45. The van der Waals surface area contributed by atoms with Crippen molar-refractivity contribution in [2.45, 2.75) is 25.7 Å². The Morgan fingerprint density at radius 2 is 2.38 bits per heavy atom. The van der Waals surface area contributed by atoms with Crippen molar-refractivity contribution in [2.75, 3.05) is 13.1 Å². The summed E-state index contributed by atoms with van der Waals surface area (Å²) in [5.41, 5.74) is 3.90. The second-order valence-electron chi connectivity index (χ2n) is 4.44. The average Bonchev–Trinajstić information content (AvgIpc) is 2.69. The van der Waals surface area contributed by atoms with Gasteiger partial charge in [-0.15, -0.1) is 0 Å². The monoisotopic (exact) mass is 216 g/mol. The maximum Gasteiger partial charge on any atom is 0.0199 e. The SMILES string of the molecule is C=C/C=C\c1cc(C2CCCNC2)[nH]c1C. The molecule has 0 spiro atoms. The maximum atomic E-state index is 3.70. The van der Waals surface area contributed by atoms with Crippen LogP contribution in [0.25, 0.3) is 6.08 Å². The fourth-order valence-electron chi connectivity index (χ4n) is 2.28. The highest BCUT2D eigenvalue weighted by Crippen LogP contribution is 2.25. The Labute approximate surface area is 97.5 Å². The molecule has 1 unspecified atom stereocenters. The predicted octanol–water partition coefficient (Wildman–Crippen LogP) is 2.99. The fraction of sp³-hybridized carbons (Fsp3) is 0.429. The Morgan fingerprint density at radius 1 is 1.50 bits per heavy atom. The summed E-state index contributed by atoms with van der Waals surface area (Å²) < 4.78 is 0. The highest BCUT2D eigenvalue weighted by atomic mass is 14.9. The number of H-pyrrole nitrogens is 1. The summed E-state index contributed by atoms with van der Waals surface area (Å²) in [6.45, 7) is 8.09. The number of aromatic amines is 1. The highest BCUT2D eigenvalue weighted by Gasteiger charge is 2.17. The van der Waals surface area contributed by atoms with Crippen molar-refractivity contribution >= 4 is 6.08 Å². The molecule has 2 rings (SSSR count). The van der Waals surface area contributed by atoms with Crippen molar-refractivity contribution in [3.63, 3.8) is 0 Å². The van der Waals surface area contributed by atoms with E-state index in [0.717, 1.165) is 6.54 Å². The van der Waals surface area contributed by atoms with E-state index in [1.54, 1.807) is 0 Å². The minimum atomic E-state index is 0.651. The van der Waals surface area contributed by atoms with Crippen molar-refractivity contribution in [1.82, 2.24) is 10.3 Å². The zero-order chi connectivity index (χ0) is 11.4. The molecule has 1 atom stereocenters. The van der Waals surface area contributed by atoms with Crippen molar-refractivity contribution in [2.24, 2.45) is 0 Å². The summed E-state index contributed by atoms with van der Waals surface area (Å²) >= 11 is 0. The number of piperidine rings is 1. The fourth-order valence-corrected chi connectivity index (χ4v) is 2.28. The van der Waals surface area contributed by atoms with E-state index in [0.29, 0.717) is 5.92 Å². The summed E-state index contributed by atoms with van der Waals surface area (Å²) in [6, 6.07) is 2.27. The molecule has 1 fully saturated rings. The number of aryl methyl sites for hydroxylation is 1. The Bertz CT molecular complexity index is 381. The number of hydrogen-bond donors (Lipinski definition) is 2. The van der Waals surface area contributed by atoms with Gasteiger partial charge in [-0.1, -0.05) is 24.8 Å². The maximum absolute atomic E-state index is 3.70. The van der Waals surface area contributed by atoms with Crippen LogP contribution in [0.5, 0.6) is 0 Å². The van der Waals surface area contributed by atoms with Gasteiger partial charge in [0.1, 0.15) is 0 Å². The first kappa shape index (κ1) is 11.2. The van der Waals surface area contributed by atoms with Crippen LogP contribution in [0.4, 0.5) is 0 Å². The van der Waals surface area contributed by atoms with Crippen LogP contribution < -0.4 is 5.32 Å². The average molecular weight is 216 g/mol. The second-order valence-corrected chi connectivity index (χ2v) is 4.44. The van der Waals surface area contributed by atoms with E-state index in [4.69, 9.17) is 0 Å². The van der Waals surface area contributed by atoms with Gasteiger partial charge in [0.05, 0.1) is 0 Å². The van der Waals surface area contributed by atoms with E-state index in [9.17, 15) is 0 Å². The topological polar surface area (TPSA) is 27.8 Å². The smallest absolute Gasteiger partial charge is 0.0199 e. The predicted molar refractivity (Wildman–Crippen MR) is 69.6 cm³/mol. The zero-order valence-electron chi connectivity index (χ0n) is 9.92. The quantitative estimate of drug-likeness (QED) is 0.747. The Kier molecular flexibility index (Phi) is 3.62. The van der Waals surface area contributed by atoms with Crippen LogP contribution in [-0.2, 0) is 0 Å². The molecule has 1 aliphatic rings. The third kappa shape index (κ3) is 2.45. The van der Waals surface area contributed by atoms with Crippen LogP contribution in [0.1, 0.15) is 35.7 Å². The van der Waals surface area contributed by atoms with Gasteiger partial charge >= 0.3 is 0 Å². The Hall–Kier alpha value is -1.28. The molecular formula is C14H20N2. The molecule has 0 bridgehead atoms. The molecule has 1 saturated heterocycles. The van der Waals surface area contributed by atoms with Gasteiger partial charge in [0.15, 0.2) is 0 Å². The molecule has 2 heterocycles. The Morgan fingerprint density at radius 3 is 3.06 bits per heavy atom. The molecule has 2 heteroatoms. The van der Waals surface area contributed by atoms with Crippen LogP contribution in [-0.4, -0.2) is 18.1 Å². The van der Waals surface area contributed by atoms with Crippen LogP contribution in [0.15, 0.2) is 24.8 Å². The summed E-state index contributed by atoms with van der Waals surface area (Å²) in [7, 11) is 0. The van der Waals surface area contributed by atoms with Gasteiger partial charge < -0.3 is 10.3 Å². The van der Waals surface area contributed by atoms with E-state index in [1.165, 1.54) is 36.3 Å². The first-order chi connectivity index (χ1) is 7.81. The molecule has 16 heavy (non-hydrogen) atoms. The number of hydrogen-bond acceptors (Lipinski definition) is 1. The standard InChI is InChI=1S/C14H20N2/c1-3-4-6-12-9-14(16-11(12)2)13-7-5-8-15-10-13/h3-4,6,9,13,15-16H,1,5,7-8,10H2,2H3/b6-4-. The number of aromatic nitrogens is 1. The lowest BCUT2D eigenvalue weighted by Gasteiger charge is -2.21. The van der Waals surface area contributed by atoms with E-state index in [-0.39, 0.29) is 0 Å². The van der Waals surface area contributed by atoms with E-state index in [2.05, 4.69) is 35.9 Å². The largest absolute Gasteiger partial charge is 0.362 e. The van der Waals surface area contributed by atoms with Gasteiger partial charge in [0, 0.05) is 23.9 Å². The summed E-state index contributed by atoms with van der Waals surface area (Å²) in [6.07, 6.45) is 8.48. The second kappa shape index (κ2) is 5.17. The molecule has 1 aromatic rings. The van der Waals surface area contributed by atoms with E-state index in [1.807, 2.05) is 12.2 Å². The number of nitrogens with one attached hydrogen (secondary N) is 2. The number of allylic oxidation sites excluding steroid dienone is 2. The van der Waals surface area contributed by atoms with Gasteiger partial charge in [0.2, 0.25) is 0 Å². The molecule has 86 valence electrons.